The van der Waals surface area contributed by atoms with Gasteiger partial charge in [0.2, 0.25) is 0 Å². The standard InChI is InChI=1S/C17H18FNO2/c1-17(2,12-6-4-5-7-15(12)21-3)16(20)11-8-9-13(18)14(19)10-11/h4-10H,19H2,1-3H3. The number of Topliss-reactive ketones (excluding diaryl/α,β-unsaturated/α-hetero) is 1. The zero-order valence-corrected chi connectivity index (χ0v) is 12.3. The van der Waals surface area contributed by atoms with Crippen LogP contribution in [0, 0.1) is 5.82 Å². The lowest BCUT2D eigenvalue weighted by Crippen LogP contribution is -2.29. The molecule has 0 atom stereocenters. The van der Waals surface area contributed by atoms with E-state index in [1.165, 1.54) is 18.2 Å². The molecule has 0 radical (unpaired) electrons. The van der Waals surface area contributed by atoms with Crippen LogP contribution in [0.3, 0.4) is 0 Å². The van der Waals surface area contributed by atoms with Crippen molar-refractivity contribution in [1.82, 2.24) is 0 Å². The number of ketones is 1. The zero-order chi connectivity index (χ0) is 15.6. The summed E-state index contributed by atoms with van der Waals surface area (Å²) in [6, 6.07) is 11.4. The first-order chi connectivity index (χ1) is 9.87. The van der Waals surface area contributed by atoms with Crippen molar-refractivity contribution in [3.8, 4) is 5.75 Å². The molecule has 2 rings (SSSR count). The van der Waals surface area contributed by atoms with Gasteiger partial charge in [0.1, 0.15) is 11.6 Å². The average Bonchev–Trinajstić information content (AvgIpc) is 2.49. The molecule has 0 saturated heterocycles. The van der Waals surface area contributed by atoms with E-state index in [1.807, 2.05) is 38.1 Å². The molecule has 0 heterocycles. The SMILES string of the molecule is COc1ccccc1C(C)(C)C(=O)c1ccc(F)c(N)c1. The molecule has 3 nitrogen and oxygen atoms in total. The van der Waals surface area contributed by atoms with Crippen LogP contribution in [0.4, 0.5) is 10.1 Å². The number of hydrogen-bond donors (Lipinski definition) is 1. The first-order valence-corrected chi connectivity index (χ1v) is 6.61. The van der Waals surface area contributed by atoms with Crippen molar-refractivity contribution in [2.24, 2.45) is 0 Å². The van der Waals surface area contributed by atoms with Crippen LogP contribution in [0.1, 0.15) is 29.8 Å². The highest BCUT2D eigenvalue weighted by Crippen LogP contribution is 2.34. The Morgan fingerprint density at radius 3 is 2.48 bits per heavy atom. The number of benzene rings is 2. The predicted octanol–water partition coefficient (Wildman–Crippen LogP) is 3.58. The monoisotopic (exact) mass is 287 g/mol. The summed E-state index contributed by atoms with van der Waals surface area (Å²) in [5.41, 5.74) is 5.86. The van der Waals surface area contributed by atoms with Crippen LogP contribution in [0.5, 0.6) is 5.75 Å². The number of rotatable bonds is 4. The van der Waals surface area contributed by atoms with Gasteiger partial charge < -0.3 is 10.5 Å². The lowest BCUT2D eigenvalue weighted by molar-refractivity contribution is 0.0906. The van der Waals surface area contributed by atoms with E-state index in [1.54, 1.807) is 7.11 Å². The minimum Gasteiger partial charge on any atom is -0.496 e. The molecule has 4 heteroatoms. The number of nitrogens with two attached hydrogens (primary N) is 1. The Balaban J connectivity index is 2.47. The molecule has 0 spiro atoms. The Bertz CT molecular complexity index is 680. The van der Waals surface area contributed by atoms with Crippen LogP contribution >= 0.6 is 0 Å². The van der Waals surface area contributed by atoms with Crippen molar-refractivity contribution < 1.29 is 13.9 Å². The predicted molar refractivity (Wildman–Crippen MR) is 81.2 cm³/mol. The number of para-hydroxylation sites is 1. The maximum atomic E-state index is 13.2. The Morgan fingerprint density at radius 1 is 1.19 bits per heavy atom. The molecule has 21 heavy (non-hydrogen) atoms. The smallest absolute Gasteiger partial charge is 0.173 e. The number of methoxy groups -OCH3 is 1. The van der Waals surface area contributed by atoms with Crippen molar-refractivity contribution in [1.29, 1.82) is 0 Å². The van der Waals surface area contributed by atoms with E-state index in [4.69, 9.17) is 10.5 Å². The first-order valence-electron chi connectivity index (χ1n) is 6.61. The summed E-state index contributed by atoms with van der Waals surface area (Å²) in [4.78, 5) is 12.8. The molecule has 0 unspecified atom stereocenters. The van der Waals surface area contributed by atoms with Gasteiger partial charge in [0.25, 0.3) is 0 Å². The van der Waals surface area contributed by atoms with Gasteiger partial charge >= 0.3 is 0 Å². The first kappa shape index (κ1) is 15.0. The minimum atomic E-state index is -0.809. The van der Waals surface area contributed by atoms with Crippen molar-refractivity contribution in [3.63, 3.8) is 0 Å². The van der Waals surface area contributed by atoms with Gasteiger partial charge in [-0.2, -0.15) is 0 Å². The lowest BCUT2D eigenvalue weighted by atomic mass is 9.77. The second-order valence-electron chi connectivity index (χ2n) is 5.39. The van der Waals surface area contributed by atoms with Gasteiger partial charge in [-0.15, -0.1) is 0 Å². The number of carbonyl (C=O) groups is 1. The maximum absolute atomic E-state index is 13.2. The van der Waals surface area contributed by atoms with E-state index in [-0.39, 0.29) is 11.5 Å². The molecule has 0 bridgehead atoms. The van der Waals surface area contributed by atoms with Gasteiger partial charge in [0.05, 0.1) is 18.2 Å². The third-order valence-corrected chi connectivity index (χ3v) is 3.61. The van der Waals surface area contributed by atoms with E-state index < -0.39 is 11.2 Å². The van der Waals surface area contributed by atoms with Crippen LogP contribution in [-0.2, 0) is 5.41 Å². The van der Waals surface area contributed by atoms with Gasteiger partial charge in [-0.05, 0) is 38.1 Å². The summed E-state index contributed by atoms with van der Waals surface area (Å²) in [6.45, 7) is 3.62. The van der Waals surface area contributed by atoms with Gasteiger partial charge in [-0.3, -0.25) is 4.79 Å². The molecule has 2 aromatic rings. The molecular formula is C17H18FNO2. The molecule has 0 fully saturated rings. The normalized spacial score (nSPS) is 11.2. The van der Waals surface area contributed by atoms with Crippen LogP contribution in [0.15, 0.2) is 42.5 Å². The third kappa shape index (κ3) is 2.75. The number of carbonyl (C=O) groups excluding carboxylic acids is 1. The largest absolute Gasteiger partial charge is 0.496 e. The van der Waals surface area contributed by atoms with Crippen LogP contribution in [0.25, 0.3) is 0 Å². The molecular weight excluding hydrogens is 269 g/mol. The number of ether oxygens (including phenoxy) is 1. The molecule has 0 aliphatic carbocycles. The highest BCUT2D eigenvalue weighted by atomic mass is 19.1. The van der Waals surface area contributed by atoms with E-state index in [2.05, 4.69) is 0 Å². The van der Waals surface area contributed by atoms with E-state index in [9.17, 15) is 9.18 Å². The lowest BCUT2D eigenvalue weighted by Gasteiger charge is -2.26. The molecule has 0 aliphatic heterocycles. The molecule has 2 N–H and O–H groups in total. The van der Waals surface area contributed by atoms with Crippen LogP contribution in [0.2, 0.25) is 0 Å². The molecule has 0 amide bonds. The van der Waals surface area contributed by atoms with Crippen LogP contribution < -0.4 is 10.5 Å². The maximum Gasteiger partial charge on any atom is 0.173 e. The second kappa shape index (κ2) is 5.56. The molecule has 0 aromatic heterocycles. The minimum absolute atomic E-state index is 0.0309. The quantitative estimate of drug-likeness (QED) is 0.690. The molecule has 0 aliphatic rings. The summed E-state index contributed by atoms with van der Waals surface area (Å²) in [5, 5.41) is 0. The van der Waals surface area contributed by atoms with Crippen molar-refractivity contribution in [2.45, 2.75) is 19.3 Å². The van der Waals surface area contributed by atoms with Crippen molar-refractivity contribution >= 4 is 11.5 Å². The molecule has 110 valence electrons. The van der Waals surface area contributed by atoms with E-state index in [0.717, 1.165) is 5.56 Å². The third-order valence-electron chi connectivity index (χ3n) is 3.61. The van der Waals surface area contributed by atoms with Gasteiger partial charge in [-0.1, -0.05) is 18.2 Å². The molecule has 2 aromatic carbocycles. The number of halogens is 1. The Kier molecular flexibility index (Phi) is 3.98. The van der Waals surface area contributed by atoms with Gasteiger partial charge in [0.15, 0.2) is 5.78 Å². The average molecular weight is 287 g/mol. The Labute approximate surface area is 123 Å². The fourth-order valence-corrected chi connectivity index (χ4v) is 2.33. The summed E-state index contributed by atoms with van der Waals surface area (Å²) in [6.07, 6.45) is 0. The number of nitrogen functional groups attached to an aromatic ring is 1. The van der Waals surface area contributed by atoms with Crippen LogP contribution in [-0.4, -0.2) is 12.9 Å². The second-order valence-corrected chi connectivity index (χ2v) is 5.39. The summed E-state index contributed by atoms with van der Waals surface area (Å²) in [5.74, 6) is -0.0220. The Hall–Kier alpha value is -2.36. The van der Waals surface area contributed by atoms with Crippen molar-refractivity contribution in [2.75, 3.05) is 12.8 Å². The molecule has 0 saturated carbocycles. The summed E-state index contributed by atoms with van der Waals surface area (Å²) < 4.78 is 18.6. The zero-order valence-electron chi connectivity index (χ0n) is 12.3. The Morgan fingerprint density at radius 2 is 1.86 bits per heavy atom. The van der Waals surface area contributed by atoms with E-state index >= 15 is 0 Å². The fraction of sp³-hybridized carbons (Fsp3) is 0.235. The van der Waals surface area contributed by atoms with Crippen molar-refractivity contribution in [3.05, 3.63) is 59.4 Å². The summed E-state index contributed by atoms with van der Waals surface area (Å²) >= 11 is 0. The number of anilines is 1. The summed E-state index contributed by atoms with van der Waals surface area (Å²) in [7, 11) is 1.56. The highest BCUT2D eigenvalue weighted by molar-refractivity contribution is 6.04. The van der Waals surface area contributed by atoms with E-state index in [0.29, 0.717) is 11.3 Å². The highest BCUT2D eigenvalue weighted by Gasteiger charge is 2.33. The number of hydrogen-bond acceptors (Lipinski definition) is 3. The fourth-order valence-electron chi connectivity index (χ4n) is 2.33. The van der Waals surface area contributed by atoms with Gasteiger partial charge in [-0.25, -0.2) is 4.39 Å². The topological polar surface area (TPSA) is 52.3 Å². The van der Waals surface area contributed by atoms with Gasteiger partial charge in [0, 0.05) is 11.1 Å².